The van der Waals surface area contributed by atoms with E-state index in [0.717, 1.165) is 36.9 Å². The van der Waals surface area contributed by atoms with Gasteiger partial charge in [-0.1, -0.05) is 110 Å². The van der Waals surface area contributed by atoms with Crippen molar-refractivity contribution in [3.05, 3.63) is 59.7 Å². The maximum atomic E-state index is 12.6. The maximum Gasteiger partial charge on any atom is 0.343 e. The van der Waals surface area contributed by atoms with Gasteiger partial charge in [-0.15, -0.1) is 0 Å². The predicted octanol–water partition coefficient (Wildman–Crippen LogP) is 10.1. The predicted molar refractivity (Wildman–Crippen MR) is 167 cm³/mol. The van der Waals surface area contributed by atoms with Crippen LogP contribution >= 0.6 is 0 Å². The topological polar surface area (TPSA) is 54.0 Å². The van der Waals surface area contributed by atoms with Crippen LogP contribution < -0.4 is 9.47 Å². The summed E-state index contributed by atoms with van der Waals surface area (Å²) in [7, 11) is 0. The Balaban J connectivity index is 1.30. The molecule has 1 atom stereocenters. The molecule has 1 fully saturated rings. The third-order valence-electron chi connectivity index (χ3n) is 8.19. The molecule has 0 saturated carbocycles. The van der Waals surface area contributed by atoms with Crippen molar-refractivity contribution in [1.29, 1.82) is 0 Å². The van der Waals surface area contributed by atoms with Crippen LogP contribution in [0.3, 0.4) is 0 Å². The van der Waals surface area contributed by atoms with E-state index in [1.165, 1.54) is 83.5 Å². The summed E-state index contributed by atoms with van der Waals surface area (Å²) in [5.41, 5.74) is 1.44. The summed E-state index contributed by atoms with van der Waals surface area (Å²) in [6.45, 7) is 8.99. The van der Waals surface area contributed by atoms with E-state index in [9.17, 15) is 4.79 Å². The van der Waals surface area contributed by atoms with Gasteiger partial charge in [-0.2, -0.15) is 0 Å². The Morgan fingerprint density at radius 2 is 1.39 bits per heavy atom. The van der Waals surface area contributed by atoms with Crippen molar-refractivity contribution >= 4 is 5.97 Å². The van der Waals surface area contributed by atoms with Gasteiger partial charge in [-0.25, -0.2) is 4.79 Å². The summed E-state index contributed by atoms with van der Waals surface area (Å²) in [5.74, 6) is 2.18. The molecule has 0 N–H and O–H groups in total. The molecule has 5 nitrogen and oxygen atoms in total. The number of hydrogen-bond donors (Lipinski definition) is 0. The highest BCUT2D eigenvalue weighted by molar-refractivity contribution is 5.91. The summed E-state index contributed by atoms with van der Waals surface area (Å²) >= 11 is 0. The second kappa shape index (κ2) is 19.7. The molecule has 0 spiro atoms. The van der Waals surface area contributed by atoms with Crippen molar-refractivity contribution in [2.75, 3.05) is 19.8 Å². The Bertz CT molecular complexity index is 947. The fourth-order valence-corrected chi connectivity index (χ4v) is 5.18. The molecule has 3 rings (SSSR count). The average molecular weight is 567 g/mol. The molecule has 1 saturated heterocycles. The number of benzene rings is 2. The van der Waals surface area contributed by atoms with E-state index < -0.39 is 0 Å². The molecule has 1 heterocycles. The van der Waals surface area contributed by atoms with Crippen molar-refractivity contribution in [3.63, 3.8) is 0 Å². The zero-order valence-corrected chi connectivity index (χ0v) is 25.9. The summed E-state index contributed by atoms with van der Waals surface area (Å²) in [5, 5.41) is 0. The number of carbonyl (C=O) groups excluding carboxylic acids is 1. The Labute approximate surface area is 249 Å². The SMILES string of the molecule is CCCCCCCCCCC1COC(c2ccc(OC(=O)c3ccc(OCCCCC[C@@H](C)CC)cc3)cc2)OC1. The van der Waals surface area contributed by atoms with Crippen LogP contribution in [0.15, 0.2) is 48.5 Å². The smallest absolute Gasteiger partial charge is 0.343 e. The molecule has 228 valence electrons. The van der Waals surface area contributed by atoms with Gasteiger partial charge in [-0.05, 0) is 55.2 Å². The number of unbranched alkanes of at least 4 members (excludes halogenated alkanes) is 9. The summed E-state index contributed by atoms with van der Waals surface area (Å²) in [6.07, 6.45) is 17.6. The van der Waals surface area contributed by atoms with Crippen LogP contribution in [0.2, 0.25) is 0 Å². The quantitative estimate of drug-likeness (QED) is 0.0906. The van der Waals surface area contributed by atoms with Gasteiger partial charge in [0.2, 0.25) is 0 Å². The molecule has 1 aliphatic rings. The number of esters is 1. The Morgan fingerprint density at radius 1 is 0.780 bits per heavy atom. The molecule has 0 bridgehead atoms. The summed E-state index contributed by atoms with van der Waals surface area (Å²) < 4.78 is 23.5. The van der Waals surface area contributed by atoms with E-state index in [2.05, 4.69) is 20.8 Å². The molecule has 5 heteroatoms. The lowest BCUT2D eigenvalue weighted by Crippen LogP contribution is -2.27. The van der Waals surface area contributed by atoms with E-state index in [0.29, 0.717) is 23.8 Å². The minimum atomic E-state index is -0.386. The molecule has 0 amide bonds. The third kappa shape index (κ3) is 13.0. The van der Waals surface area contributed by atoms with Crippen molar-refractivity contribution in [2.45, 2.75) is 117 Å². The van der Waals surface area contributed by atoms with Crippen LogP contribution in [0.4, 0.5) is 0 Å². The first-order valence-electron chi connectivity index (χ1n) is 16.4. The van der Waals surface area contributed by atoms with E-state index in [4.69, 9.17) is 18.9 Å². The van der Waals surface area contributed by atoms with Crippen LogP contribution in [-0.4, -0.2) is 25.8 Å². The molecule has 2 aromatic rings. The van der Waals surface area contributed by atoms with Gasteiger partial charge >= 0.3 is 5.97 Å². The van der Waals surface area contributed by atoms with E-state index >= 15 is 0 Å². The second-order valence-electron chi connectivity index (χ2n) is 11.8. The maximum absolute atomic E-state index is 12.6. The average Bonchev–Trinajstić information content (AvgIpc) is 3.01. The molecular weight excluding hydrogens is 512 g/mol. The van der Waals surface area contributed by atoms with Crippen molar-refractivity contribution < 1.29 is 23.7 Å². The lowest BCUT2D eigenvalue weighted by atomic mass is 10.0. The zero-order valence-electron chi connectivity index (χ0n) is 25.9. The standard InChI is InChI=1S/C36H54O5/c1-4-6-7-8-9-10-11-14-17-30-27-39-36(40-28-30)32-20-24-34(25-21-32)41-35(37)31-18-22-33(23-19-31)38-26-15-12-13-16-29(3)5-2/h18-25,29-30,36H,4-17,26-28H2,1-3H3/t29-,30?,36?/m0/s1. The Kier molecular flexibility index (Phi) is 15.9. The molecule has 0 radical (unpaired) electrons. The normalized spacial score (nSPS) is 17.7. The summed E-state index contributed by atoms with van der Waals surface area (Å²) in [6, 6.07) is 14.6. The van der Waals surface area contributed by atoms with E-state index in [1.54, 1.807) is 24.3 Å². The Hall–Kier alpha value is -2.37. The fraction of sp³-hybridized carbons (Fsp3) is 0.639. The van der Waals surface area contributed by atoms with Gasteiger partial charge < -0.3 is 18.9 Å². The van der Waals surface area contributed by atoms with Crippen molar-refractivity contribution in [2.24, 2.45) is 11.8 Å². The van der Waals surface area contributed by atoms with Gasteiger partial charge in [0.15, 0.2) is 6.29 Å². The number of hydrogen-bond acceptors (Lipinski definition) is 5. The van der Waals surface area contributed by atoms with Gasteiger partial charge in [0.05, 0.1) is 25.4 Å². The minimum Gasteiger partial charge on any atom is -0.494 e. The van der Waals surface area contributed by atoms with Gasteiger partial charge in [0, 0.05) is 11.5 Å². The molecule has 41 heavy (non-hydrogen) atoms. The highest BCUT2D eigenvalue weighted by atomic mass is 16.7. The van der Waals surface area contributed by atoms with Crippen LogP contribution in [0.1, 0.15) is 133 Å². The first kappa shape index (κ1) is 33.1. The first-order valence-corrected chi connectivity index (χ1v) is 16.4. The second-order valence-corrected chi connectivity index (χ2v) is 11.8. The van der Waals surface area contributed by atoms with Crippen molar-refractivity contribution in [1.82, 2.24) is 0 Å². The van der Waals surface area contributed by atoms with Gasteiger partial charge in [0.1, 0.15) is 11.5 Å². The Morgan fingerprint density at radius 3 is 2.05 bits per heavy atom. The molecule has 0 aromatic heterocycles. The lowest BCUT2D eigenvalue weighted by molar-refractivity contribution is -0.206. The van der Waals surface area contributed by atoms with Crippen LogP contribution in [0.25, 0.3) is 0 Å². The largest absolute Gasteiger partial charge is 0.494 e. The van der Waals surface area contributed by atoms with Crippen LogP contribution in [0.5, 0.6) is 11.5 Å². The molecular formula is C36H54O5. The van der Waals surface area contributed by atoms with E-state index in [1.807, 2.05) is 24.3 Å². The van der Waals surface area contributed by atoms with Crippen LogP contribution in [0, 0.1) is 11.8 Å². The fourth-order valence-electron chi connectivity index (χ4n) is 5.18. The molecule has 1 aliphatic heterocycles. The third-order valence-corrected chi connectivity index (χ3v) is 8.19. The van der Waals surface area contributed by atoms with E-state index in [-0.39, 0.29) is 12.3 Å². The minimum absolute atomic E-state index is 0.359. The highest BCUT2D eigenvalue weighted by Crippen LogP contribution is 2.29. The highest BCUT2D eigenvalue weighted by Gasteiger charge is 2.23. The summed E-state index contributed by atoms with van der Waals surface area (Å²) in [4.78, 5) is 12.6. The molecule has 2 aromatic carbocycles. The number of ether oxygens (including phenoxy) is 4. The van der Waals surface area contributed by atoms with Gasteiger partial charge in [0.25, 0.3) is 0 Å². The van der Waals surface area contributed by atoms with Crippen molar-refractivity contribution in [3.8, 4) is 11.5 Å². The number of rotatable bonds is 20. The lowest BCUT2D eigenvalue weighted by Gasteiger charge is -2.29. The first-order chi connectivity index (χ1) is 20.1. The molecule has 0 aliphatic carbocycles. The van der Waals surface area contributed by atoms with Gasteiger partial charge in [-0.3, -0.25) is 0 Å². The monoisotopic (exact) mass is 566 g/mol. The molecule has 0 unspecified atom stereocenters. The number of carbonyl (C=O) groups is 1. The zero-order chi connectivity index (χ0) is 29.1. The van der Waals surface area contributed by atoms with Crippen LogP contribution in [-0.2, 0) is 9.47 Å².